The molecule has 5 heteroatoms. The van der Waals surface area contributed by atoms with Crippen molar-refractivity contribution in [1.82, 2.24) is 10.2 Å². The Morgan fingerprint density at radius 1 is 1.59 bits per heavy atom. The Balaban J connectivity index is 1.84. The molecule has 96 valence electrons. The standard InChI is InChI=1S/C12H21N3OS/c1-3-10-8-17-12(14-10)13-9(2)11(16)15-6-4-5-7-15/h9-10H,3-8H2,1-2H3,(H,13,14). The highest BCUT2D eigenvalue weighted by Crippen LogP contribution is 2.19. The summed E-state index contributed by atoms with van der Waals surface area (Å²) in [5.74, 6) is 1.26. The van der Waals surface area contributed by atoms with Crippen molar-refractivity contribution >= 4 is 22.8 Å². The number of hydrogen-bond acceptors (Lipinski definition) is 4. The van der Waals surface area contributed by atoms with E-state index in [1.807, 2.05) is 11.8 Å². The molecule has 0 aromatic heterocycles. The Morgan fingerprint density at radius 3 is 2.88 bits per heavy atom. The zero-order valence-electron chi connectivity index (χ0n) is 10.6. The molecule has 0 aromatic rings. The first-order valence-electron chi connectivity index (χ1n) is 6.46. The number of thioether (sulfide) groups is 1. The molecule has 2 rings (SSSR count). The molecule has 2 unspecified atom stereocenters. The highest BCUT2D eigenvalue weighted by molar-refractivity contribution is 8.14. The monoisotopic (exact) mass is 255 g/mol. The summed E-state index contributed by atoms with van der Waals surface area (Å²) in [6.07, 6.45) is 3.37. The normalized spacial score (nSPS) is 25.9. The molecule has 0 spiro atoms. The number of likely N-dealkylation sites (tertiary alicyclic amines) is 1. The molecule has 0 saturated carbocycles. The van der Waals surface area contributed by atoms with Crippen molar-refractivity contribution in [2.24, 2.45) is 4.99 Å². The first kappa shape index (κ1) is 12.7. The van der Waals surface area contributed by atoms with Crippen molar-refractivity contribution in [2.75, 3.05) is 18.8 Å². The van der Waals surface area contributed by atoms with Crippen molar-refractivity contribution in [3.8, 4) is 0 Å². The third kappa shape index (κ3) is 3.15. The molecule has 0 bridgehead atoms. The average molecular weight is 255 g/mol. The maximum Gasteiger partial charge on any atom is 0.244 e. The minimum Gasteiger partial charge on any atom is -0.353 e. The van der Waals surface area contributed by atoms with Gasteiger partial charge in [0.15, 0.2) is 5.17 Å². The number of amides is 1. The van der Waals surface area contributed by atoms with Crippen LogP contribution in [-0.2, 0) is 4.79 Å². The number of carbonyl (C=O) groups is 1. The van der Waals surface area contributed by atoms with E-state index in [-0.39, 0.29) is 11.9 Å². The number of nitrogens with one attached hydrogen (secondary N) is 1. The lowest BCUT2D eigenvalue weighted by molar-refractivity contribution is -0.131. The van der Waals surface area contributed by atoms with E-state index in [2.05, 4.69) is 17.2 Å². The molecule has 4 nitrogen and oxygen atoms in total. The topological polar surface area (TPSA) is 44.7 Å². The number of rotatable bonds is 3. The summed E-state index contributed by atoms with van der Waals surface area (Å²) >= 11 is 1.73. The van der Waals surface area contributed by atoms with E-state index in [9.17, 15) is 4.79 Å². The summed E-state index contributed by atoms with van der Waals surface area (Å²) in [6.45, 7) is 5.92. The average Bonchev–Trinajstić information content (AvgIpc) is 2.98. The quantitative estimate of drug-likeness (QED) is 0.830. The van der Waals surface area contributed by atoms with Gasteiger partial charge in [-0.05, 0) is 26.2 Å². The molecule has 0 aliphatic carbocycles. The lowest BCUT2D eigenvalue weighted by atomic mass is 10.3. The van der Waals surface area contributed by atoms with E-state index in [0.717, 1.165) is 43.3 Å². The van der Waals surface area contributed by atoms with Crippen molar-refractivity contribution < 1.29 is 4.79 Å². The molecule has 0 aromatic carbocycles. The van der Waals surface area contributed by atoms with Crippen LogP contribution in [0.5, 0.6) is 0 Å². The second-order valence-corrected chi connectivity index (χ2v) is 5.71. The maximum absolute atomic E-state index is 12.1. The molecule has 2 aliphatic rings. The molecule has 2 heterocycles. The third-order valence-electron chi connectivity index (χ3n) is 3.31. The van der Waals surface area contributed by atoms with Crippen LogP contribution in [0.25, 0.3) is 0 Å². The van der Waals surface area contributed by atoms with E-state index in [4.69, 9.17) is 0 Å². The minimum atomic E-state index is -0.144. The number of carbonyl (C=O) groups excluding carboxylic acids is 1. The predicted molar refractivity (Wildman–Crippen MR) is 72.4 cm³/mol. The lowest BCUT2D eigenvalue weighted by Gasteiger charge is -2.21. The van der Waals surface area contributed by atoms with Gasteiger partial charge in [0.2, 0.25) is 5.91 Å². The Kier molecular flexibility index (Phi) is 4.31. The predicted octanol–water partition coefficient (Wildman–Crippen LogP) is 1.47. The molecular weight excluding hydrogens is 234 g/mol. The van der Waals surface area contributed by atoms with Gasteiger partial charge in [-0.15, -0.1) is 0 Å². The van der Waals surface area contributed by atoms with Crippen molar-refractivity contribution in [3.63, 3.8) is 0 Å². The van der Waals surface area contributed by atoms with Crippen LogP contribution in [0, 0.1) is 0 Å². The molecule has 1 N–H and O–H groups in total. The van der Waals surface area contributed by atoms with E-state index in [1.54, 1.807) is 11.8 Å². The second kappa shape index (κ2) is 5.76. The fourth-order valence-electron chi connectivity index (χ4n) is 2.16. The first-order chi connectivity index (χ1) is 8.20. The molecular formula is C12H21N3OS. The van der Waals surface area contributed by atoms with Crippen LogP contribution in [0.1, 0.15) is 33.1 Å². The summed E-state index contributed by atoms with van der Waals surface area (Å²) in [4.78, 5) is 18.6. The fourth-order valence-corrected chi connectivity index (χ4v) is 3.31. The second-order valence-electron chi connectivity index (χ2n) is 4.71. The van der Waals surface area contributed by atoms with Gasteiger partial charge in [-0.25, -0.2) is 0 Å². The number of aliphatic imine (C=N–C) groups is 1. The highest BCUT2D eigenvalue weighted by Gasteiger charge is 2.25. The molecule has 0 radical (unpaired) electrons. The fraction of sp³-hybridized carbons (Fsp3) is 0.833. The van der Waals surface area contributed by atoms with Crippen LogP contribution in [0.3, 0.4) is 0 Å². The van der Waals surface area contributed by atoms with Crippen LogP contribution in [0.15, 0.2) is 4.99 Å². The van der Waals surface area contributed by atoms with Gasteiger partial charge in [0, 0.05) is 18.8 Å². The van der Waals surface area contributed by atoms with Gasteiger partial charge >= 0.3 is 0 Å². The van der Waals surface area contributed by atoms with Crippen molar-refractivity contribution in [1.29, 1.82) is 0 Å². The number of nitrogens with zero attached hydrogens (tertiary/aromatic N) is 2. The largest absolute Gasteiger partial charge is 0.353 e. The Labute approximate surface area is 107 Å². The SMILES string of the molecule is CCC1CSC(NC(C)C(=O)N2CCCC2)=N1. The molecule has 1 saturated heterocycles. The zero-order chi connectivity index (χ0) is 12.3. The Hall–Kier alpha value is -0.710. The van der Waals surface area contributed by atoms with Gasteiger partial charge in [0.05, 0.1) is 6.04 Å². The van der Waals surface area contributed by atoms with Crippen molar-refractivity contribution in [2.45, 2.75) is 45.2 Å². The molecule has 2 atom stereocenters. The number of hydrogen-bond donors (Lipinski definition) is 1. The molecule has 17 heavy (non-hydrogen) atoms. The first-order valence-corrected chi connectivity index (χ1v) is 7.45. The van der Waals surface area contributed by atoms with E-state index < -0.39 is 0 Å². The van der Waals surface area contributed by atoms with Crippen LogP contribution < -0.4 is 5.32 Å². The smallest absolute Gasteiger partial charge is 0.244 e. The van der Waals surface area contributed by atoms with Gasteiger partial charge in [-0.1, -0.05) is 18.7 Å². The van der Waals surface area contributed by atoms with E-state index in [0.29, 0.717) is 6.04 Å². The van der Waals surface area contributed by atoms with Gasteiger partial charge < -0.3 is 10.2 Å². The van der Waals surface area contributed by atoms with Gasteiger partial charge in [0.25, 0.3) is 0 Å². The summed E-state index contributed by atoms with van der Waals surface area (Å²) in [5, 5.41) is 4.18. The zero-order valence-corrected chi connectivity index (χ0v) is 11.4. The summed E-state index contributed by atoms with van der Waals surface area (Å²) < 4.78 is 0. The molecule has 1 fully saturated rings. The third-order valence-corrected chi connectivity index (χ3v) is 4.36. The Bertz CT molecular complexity index is 313. The van der Waals surface area contributed by atoms with Crippen LogP contribution in [0.2, 0.25) is 0 Å². The van der Waals surface area contributed by atoms with Crippen LogP contribution >= 0.6 is 11.8 Å². The summed E-state index contributed by atoms with van der Waals surface area (Å²) in [5.41, 5.74) is 0. The van der Waals surface area contributed by atoms with Crippen LogP contribution in [0.4, 0.5) is 0 Å². The van der Waals surface area contributed by atoms with Gasteiger partial charge in [-0.2, -0.15) is 0 Å². The summed E-state index contributed by atoms with van der Waals surface area (Å²) in [6, 6.07) is 0.284. The Morgan fingerprint density at radius 2 is 2.29 bits per heavy atom. The van der Waals surface area contributed by atoms with E-state index >= 15 is 0 Å². The molecule has 2 aliphatic heterocycles. The molecule has 1 amide bonds. The van der Waals surface area contributed by atoms with Gasteiger partial charge in [-0.3, -0.25) is 9.79 Å². The lowest BCUT2D eigenvalue weighted by Crippen LogP contribution is -2.45. The highest BCUT2D eigenvalue weighted by atomic mass is 32.2. The number of amidine groups is 1. The summed E-state index contributed by atoms with van der Waals surface area (Å²) in [7, 11) is 0. The maximum atomic E-state index is 12.1. The van der Waals surface area contributed by atoms with E-state index in [1.165, 1.54) is 0 Å². The van der Waals surface area contributed by atoms with Crippen molar-refractivity contribution in [3.05, 3.63) is 0 Å². The van der Waals surface area contributed by atoms with Gasteiger partial charge in [0.1, 0.15) is 6.04 Å². The van der Waals surface area contributed by atoms with Crippen LogP contribution in [-0.4, -0.2) is 46.9 Å². The minimum absolute atomic E-state index is 0.144.